The molecular formula is C22H23N3O3S. The van der Waals surface area contributed by atoms with Crippen molar-refractivity contribution in [1.82, 2.24) is 9.97 Å². The number of nitrogens with two attached hydrogens (primary N) is 1. The second-order valence-corrected chi connectivity index (χ2v) is 7.85. The lowest BCUT2D eigenvalue weighted by molar-refractivity contribution is -0.245. The average molecular weight is 410 g/mol. The monoisotopic (exact) mass is 409 g/mol. The van der Waals surface area contributed by atoms with Crippen molar-refractivity contribution < 1.29 is 14.6 Å². The van der Waals surface area contributed by atoms with Gasteiger partial charge in [0.2, 0.25) is 0 Å². The van der Waals surface area contributed by atoms with Gasteiger partial charge in [0.25, 0.3) is 0 Å². The van der Waals surface area contributed by atoms with Crippen molar-refractivity contribution in [3.05, 3.63) is 83.7 Å². The van der Waals surface area contributed by atoms with Gasteiger partial charge in [0, 0.05) is 35.8 Å². The molecule has 0 radical (unpaired) electrons. The van der Waals surface area contributed by atoms with E-state index < -0.39 is 6.29 Å². The Hall–Kier alpha value is -2.45. The fourth-order valence-corrected chi connectivity index (χ4v) is 4.08. The van der Waals surface area contributed by atoms with E-state index >= 15 is 0 Å². The number of aliphatic hydroxyl groups excluding tert-OH is 1. The van der Waals surface area contributed by atoms with E-state index in [9.17, 15) is 5.11 Å². The third-order valence-electron chi connectivity index (χ3n) is 4.74. The molecule has 0 aliphatic carbocycles. The van der Waals surface area contributed by atoms with Gasteiger partial charge in [0.15, 0.2) is 11.4 Å². The van der Waals surface area contributed by atoms with Gasteiger partial charge in [0.1, 0.15) is 0 Å². The summed E-state index contributed by atoms with van der Waals surface area (Å²) < 4.78 is 12.5. The maximum Gasteiger partial charge on any atom is 0.187 e. The summed E-state index contributed by atoms with van der Waals surface area (Å²) in [6.45, 7) is 0.0250. The number of rotatable bonds is 6. The lowest BCUT2D eigenvalue weighted by Gasteiger charge is -2.36. The molecule has 1 saturated heterocycles. The Kier molecular flexibility index (Phi) is 6.41. The highest BCUT2D eigenvalue weighted by Gasteiger charge is 2.32. The highest BCUT2D eigenvalue weighted by atomic mass is 32.2. The second-order valence-electron chi connectivity index (χ2n) is 6.86. The van der Waals surface area contributed by atoms with Crippen molar-refractivity contribution in [2.75, 3.05) is 11.5 Å². The lowest BCUT2D eigenvalue weighted by Crippen LogP contribution is -2.31. The predicted molar refractivity (Wildman–Crippen MR) is 112 cm³/mol. The molecule has 0 bridgehead atoms. The fraction of sp³-hybridized carbons (Fsp3) is 0.273. The Labute approximate surface area is 174 Å². The van der Waals surface area contributed by atoms with Crippen molar-refractivity contribution >= 4 is 17.4 Å². The van der Waals surface area contributed by atoms with Crippen LogP contribution in [0.15, 0.2) is 72.1 Å². The lowest BCUT2D eigenvalue weighted by atomic mass is 10.0. The Bertz CT molecular complexity index is 924. The first-order valence-electron chi connectivity index (χ1n) is 9.47. The van der Waals surface area contributed by atoms with Crippen LogP contribution < -0.4 is 5.73 Å². The van der Waals surface area contributed by atoms with E-state index in [2.05, 4.69) is 9.97 Å². The van der Waals surface area contributed by atoms with Crippen LogP contribution in [0.5, 0.6) is 0 Å². The summed E-state index contributed by atoms with van der Waals surface area (Å²) >= 11 is 1.57. The molecule has 0 amide bonds. The molecule has 6 nitrogen and oxygen atoms in total. The third-order valence-corrected chi connectivity index (χ3v) is 5.75. The number of ether oxygens (including phenoxy) is 2. The minimum atomic E-state index is -0.503. The third kappa shape index (κ3) is 5.13. The number of benzene rings is 2. The number of thioether (sulfide) groups is 1. The van der Waals surface area contributed by atoms with E-state index in [1.807, 2.05) is 48.5 Å². The number of hydrogen-bond donors (Lipinski definition) is 2. The normalized spacial score (nSPS) is 21.8. The highest BCUT2D eigenvalue weighted by Crippen LogP contribution is 2.39. The molecule has 1 aromatic heterocycles. The quantitative estimate of drug-likeness (QED) is 0.363. The molecule has 1 aliphatic heterocycles. The van der Waals surface area contributed by atoms with Gasteiger partial charge in [-0.05, 0) is 29.3 Å². The summed E-state index contributed by atoms with van der Waals surface area (Å²) in [5.41, 5.74) is 9.46. The standard InChI is InChI=1S/C22H23N3O3S/c23-18-4-1-3-17(11-18)21-27-19(14-29-22-24-9-2-10-25-22)12-20(28-21)16-7-5-15(13-26)6-8-16/h1-11,19-21,26H,12-14,23H2/t19-,20+,21+/m0/s1. The van der Waals surface area contributed by atoms with E-state index in [1.54, 1.807) is 30.2 Å². The van der Waals surface area contributed by atoms with E-state index in [-0.39, 0.29) is 18.8 Å². The van der Waals surface area contributed by atoms with E-state index in [0.717, 1.165) is 34.0 Å². The first-order chi connectivity index (χ1) is 14.2. The summed E-state index contributed by atoms with van der Waals surface area (Å²) in [4.78, 5) is 8.55. The van der Waals surface area contributed by atoms with Crippen LogP contribution in [-0.4, -0.2) is 26.9 Å². The zero-order valence-corrected chi connectivity index (χ0v) is 16.7. The molecule has 3 aromatic rings. The van der Waals surface area contributed by atoms with Gasteiger partial charge in [-0.3, -0.25) is 0 Å². The average Bonchev–Trinajstić information content (AvgIpc) is 2.78. The molecular weight excluding hydrogens is 386 g/mol. The number of aromatic nitrogens is 2. The molecule has 0 spiro atoms. The number of nitrogen functional groups attached to an aromatic ring is 1. The van der Waals surface area contributed by atoms with Gasteiger partial charge in [-0.1, -0.05) is 48.2 Å². The van der Waals surface area contributed by atoms with Crippen molar-refractivity contribution in [3.8, 4) is 0 Å². The first kappa shape index (κ1) is 19.8. The van der Waals surface area contributed by atoms with Gasteiger partial charge in [0.05, 0.1) is 18.8 Å². The van der Waals surface area contributed by atoms with Gasteiger partial charge < -0.3 is 20.3 Å². The smallest absolute Gasteiger partial charge is 0.187 e. The van der Waals surface area contributed by atoms with Crippen LogP contribution in [-0.2, 0) is 16.1 Å². The Morgan fingerprint density at radius 2 is 1.79 bits per heavy atom. The van der Waals surface area contributed by atoms with Crippen LogP contribution in [0.25, 0.3) is 0 Å². The van der Waals surface area contributed by atoms with Crippen LogP contribution in [0, 0.1) is 0 Å². The van der Waals surface area contributed by atoms with Gasteiger partial charge in [-0.25, -0.2) is 9.97 Å². The fourth-order valence-electron chi connectivity index (χ4n) is 3.26. The summed E-state index contributed by atoms with van der Waals surface area (Å²) in [5, 5.41) is 10.0. The zero-order valence-electron chi connectivity index (χ0n) is 15.8. The second kappa shape index (κ2) is 9.37. The van der Waals surface area contributed by atoms with Gasteiger partial charge in [-0.15, -0.1) is 0 Å². The summed E-state index contributed by atoms with van der Waals surface area (Å²) in [5.74, 6) is 0.720. The Morgan fingerprint density at radius 1 is 1.00 bits per heavy atom. The summed E-state index contributed by atoms with van der Waals surface area (Å²) in [6.07, 6.45) is 3.54. The minimum Gasteiger partial charge on any atom is -0.399 e. The largest absolute Gasteiger partial charge is 0.399 e. The van der Waals surface area contributed by atoms with E-state index in [1.165, 1.54) is 0 Å². The molecule has 0 saturated carbocycles. The molecule has 4 rings (SSSR count). The molecule has 29 heavy (non-hydrogen) atoms. The molecule has 1 fully saturated rings. The molecule has 7 heteroatoms. The topological polar surface area (TPSA) is 90.5 Å². The van der Waals surface area contributed by atoms with Gasteiger partial charge >= 0.3 is 0 Å². The first-order valence-corrected chi connectivity index (χ1v) is 10.5. The molecule has 2 aromatic carbocycles. The highest BCUT2D eigenvalue weighted by molar-refractivity contribution is 7.99. The maximum absolute atomic E-state index is 9.30. The SMILES string of the molecule is Nc1cccc([C@@H]2O[C@H](CSc3ncccn3)C[C@H](c3ccc(CO)cc3)O2)c1. The van der Waals surface area contributed by atoms with Crippen molar-refractivity contribution in [2.24, 2.45) is 0 Å². The number of hydrogen-bond acceptors (Lipinski definition) is 7. The molecule has 3 atom stereocenters. The van der Waals surface area contributed by atoms with Crippen LogP contribution in [0.4, 0.5) is 5.69 Å². The number of anilines is 1. The molecule has 150 valence electrons. The van der Waals surface area contributed by atoms with Crippen LogP contribution in [0.2, 0.25) is 0 Å². The zero-order chi connectivity index (χ0) is 20.1. The predicted octanol–water partition coefficient (Wildman–Crippen LogP) is 3.89. The van der Waals surface area contributed by atoms with Crippen LogP contribution in [0.1, 0.15) is 35.5 Å². The molecule has 2 heterocycles. The van der Waals surface area contributed by atoms with Crippen molar-refractivity contribution in [1.29, 1.82) is 0 Å². The van der Waals surface area contributed by atoms with Gasteiger partial charge in [-0.2, -0.15) is 0 Å². The maximum atomic E-state index is 9.30. The minimum absolute atomic E-state index is 0.0250. The summed E-state index contributed by atoms with van der Waals surface area (Å²) in [7, 11) is 0. The summed E-state index contributed by atoms with van der Waals surface area (Å²) in [6, 6.07) is 17.2. The number of aliphatic hydroxyl groups is 1. The van der Waals surface area contributed by atoms with Crippen LogP contribution >= 0.6 is 11.8 Å². The van der Waals surface area contributed by atoms with Crippen molar-refractivity contribution in [2.45, 2.75) is 36.7 Å². The molecule has 0 unspecified atom stereocenters. The van der Waals surface area contributed by atoms with E-state index in [4.69, 9.17) is 15.2 Å². The Morgan fingerprint density at radius 3 is 2.52 bits per heavy atom. The molecule has 1 aliphatic rings. The van der Waals surface area contributed by atoms with E-state index in [0.29, 0.717) is 5.69 Å². The Balaban J connectivity index is 1.53. The molecule has 3 N–H and O–H groups in total. The van der Waals surface area contributed by atoms with Crippen molar-refractivity contribution in [3.63, 3.8) is 0 Å². The number of nitrogens with zero attached hydrogens (tertiary/aromatic N) is 2. The van der Waals surface area contributed by atoms with Crippen LogP contribution in [0.3, 0.4) is 0 Å².